The lowest BCUT2D eigenvalue weighted by Crippen LogP contribution is -2.30. The number of hydrogen-bond acceptors (Lipinski definition) is 4. The molecule has 1 fully saturated rings. The second-order valence-electron chi connectivity index (χ2n) is 4.25. The molecule has 0 radical (unpaired) electrons. The molecule has 0 bridgehead atoms. The third-order valence-corrected chi connectivity index (χ3v) is 3.04. The van der Waals surface area contributed by atoms with E-state index in [0.717, 1.165) is 12.8 Å². The van der Waals surface area contributed by atoms with Crippen molar-refractivity contribution in [1.82, 2.24) is 0 Å². The van der Waals surface area contributed by atoms with Gasteiger partial charge in [0.25, 0.3) is 5.69 Å². The summed E-state index contributed by atoms with van der Waals surface area (Å²) in [7, 11) is 0. The first-order valence-electron chi connectivity index (χ1n) is 5.33. The number of amides is 1. The molecule has 0 aliphatic heterocycles. The highest BCUT2D eigenvalue weighted by Crippen LogP contribution is 2.45. The maximum atomic E-state index is 11.8. The van der Waals surface area contributed by atoms with Gasteiger partial charge in [0.1, 0.15) is 0 Å². The number of anilines is 1. The molecule has 0 saturated heterocycles. The Morgan fingerprint density at radius 2 is 2.24 bits per heavy atom. The number of benzene rings is 1. The van der Waals surface area contributed by atoms with E-state index < -0.39 is 10.3 Å². The molecule has 17 heavy (non-hydrogen) atoms. The van der Waals surface area contributed by atoms with E-state index in [-0.39, 0.29) is 11.6 Å². The summed E-state index contributed by atoms with van der Waals surface area (Å²) in [6.07, 6.45) is 1.56. The molecule has 1 aromatic carbocycles. The van der Waals surface area contributed by atoms with Crippen LogP contribution in [0.15, 0.2) is 24.3 Å². The van der Waals surface area contributed by atoms with E-state index in [0.29, 0.717) is 12.2 Å². The monoisotopic (exact) mass is 235 g/mol. The predicted molar refractivity (Wildman–Crippen MR) is 62.4 cm³/mol. The number of carbonyl (C=O) groups is 1. The standard InChI is InChI=1S/C11H13N3O3/c12-7-11(4-5-11)10(15)13-8-2-1-3-9(6-8)14(16)17/h1-3,6H,4-5,7,12H2,(H,13,15). The molecular weight excluding hydrogens is 222 g/mol. The Labute approximate surface area is 98.0 Å². The van der Waals surface area contributed by atoms with Gasteiger partial charge < -0.3 is 11.1 Å². The SMILES string of the molecule is NCC1(C(=O)Nc2cccc([N+](=O)[O-])c2)CC1. The van der Waals surface area contributed by atoms with Gasteiger partial charge in [0.2, 0.25) is 5.91 Å². The van der Waals surface area contributed by atoms with E-state index in [2.05, 4.69) is 5.32 Å². The van der Waals surface area contributed by atoms with Crippen LogP contribution in [0.1, 0.15) is 12.8 Å². The minimum absolute atomic E-state index is 0.0413. The van der Waals surface area contributed by atoms with Crippen molar-refractivity contribution in [3.63, 3.8) is 0 Å². The lowest BCUT2D eigenvalue weighted by molar-refractivity contribution is -0.384. The zero-order valence-electron chi connectivity index (χ0n) is 9.18. The Kier molecular flexibility index (Phi) is 2.81. The quantitative estimate of drug-likeness (QED) is 0.606. The molecule has 1 saturated carbocycles. The number of non-ortho nitro benzene ring substituents is 1. The van der Waals surface area contributed by atoms with Crippen LogP contribution in [-0.4, -0.2) is 17.4 Å². The van der Waals surface area contributed by atoms with Crippen LogP contribution in [-0.2, 0) is 4.79 Å². The van der Waals surface area contributed by atoms with Gasteiger partial charge in [-0.15, -0.1) is 0 Å². The van der Waals surface area contributed by atoms with Crippen molar-refractivity contribution in [2.75, 3.05) is 11.9 Å². The van der Waals surface area contributed by atoms with Gasteiger partial charge in [0.15, 0.2) is 0 Å². The molecule has 90 valence electrons. The van der Waals surface area contributed by atoms with E-state index in [1.807, 2.05) is 0 Å². The van der Waals surface area contributed by atoms with Crippen molar-refractivity contribution >= 4 is 17.3 Å². The third-order valence-electron chi connectivity index (χ3n) is 3.04. The molecule has 1 amide bonds. The normalized spacial score (nSPS) is 16.3. The van der Waals surface area contributed by atoms with Crippen molar-refractivity contribution in [1.29, 1.82) is 0 Å². The van der Waals surface area contributed by atoms with Crippen LogP contribution in [0.25, 0.3) is 0 Å². The van der Waals surface area contributed by atoms with Gasteiger partial charge in [0, 0.05) is 24.4 Å². The van der Waals surface area contributed by atoms with Crippen LogP contribution < -0.4 is 11.1 Å². The van der Waals surface area contributed by atoms with Gasteiger partial charge in [-0.1, -0.05) is 6.07 Å². The number of nitro groups is 1. The number of nitro benzene ring substituents is 1. The second kappa shape index (κ2) is 4.14. The van der Waals surface area contributed by atoms with Crippen LogP contribution in [0.5, 0.6) is 0 Å². The van der Waals surface area contributed by atoms with Crippen molar-refractivity contribution in [2.45, 2.75) is 12.8 Å². The minimum Gasteiger partial charge on any atom is -0.329 e. The van der Waals surface area contributed by atoms with Crippen LogP contribution in [0.2, 0.25) is 0 Å². The zero-order valence-corrected chi connectivity index (χ0v) is 9.18. The minimum atomic E-state index is -0.495. The fraction of sp³-hybridized carbons (Fsp3) is 0.364. The molecule has 0 aromatic heterocycles. The first-order valence-corrected chi connectivity index (χ1v) is 5.33. The lowest BCUT2D eigenvalue weighted by Gasteiger charge is -2.12. The average molecular weight is 235 g/mol. The maximum absolute atomic E-state index is 11.8. The van der Waals surface area contributed by atoms with E-state index in [1.54, 1.807) is 6.07 Å². The van der Waals surface area contributed by atoms with Gasteiger partial charge in [-0.3, -0.25) is 14.9 Å². The number of rotatable bonds is 4. The van der Waals surface area contributed by atoms with E-state index in [9.17, 15) is 14.9 Å². The molecule has 2 rings (SSSR count). The molecule has 0 heterocycles. The fourth-order valence-electron chi connectivity index (χ4n) is 1.64. The summed E-state index contributed by atoms with van der Waals surface area (Å²) in [6, 6.07) is 5.88. The van der Waals surface area contributed by atoms with Crippen LogP contribution in [0.4, 0.5) is 11.4 Å². The summed E-state index contributed by atoms with van der Waals surface area (Å²) < 4.78 is 0. The Morgan fingerprint density at radius 1 is 1.53 bits per heavy atom. The lowest BCUT2D eigenvalue weighted by atomic mass is 10.1. The molecule has 6 heteroatoms. The third kappa shape index (κ3) is 2.26. The predicted octanol–water partition coefficient (Wildman–Crippen LogP) is 1.27. The van der Waals surface area contributed by atoms with Gasteiger partial charge in [-0.25, -0.2) is 0 Å². The summed E-state index contributed by atoms with van der Waals surface area (Å²) in [5.41, 5.74) is 5.47. The van der Waals surface area contributed by atoms with Crippen LogP contribution >= 0.6 is 0 Å². The summed E-state index contributed by atoms with van der Waals surface area (Å²) in [4.78, 5) is 21.9. The molecule has 6 nitrogen and oxygen atoms in total. The van der Waals surface area contributed by atoms with Gasteiger partial charge in [-0.2, -0.15) is 0 Å². The maximum Gasteiger partial charge on any atom is 0.271 e. The number of nitrogens with zero attached hydrogens (tertiary/aromatic N) is 1. The number of nitrogens with one attached hydrogen (secondary N) is 1. The summed E-state index contributed by atoms with van der Waals surface area (Å²) in [5.74, 6) is -0.152. The molecule has 0 atom stereocenters. The van der Waals surface area contributed by atoms with Crippen molar-refractivity contribution in [2.24, 2.45) is 11.1 Å². The van der Waals surface area contributed by atoms with E-state index in [1.165, 1.54) is 18.2 Å². The van der Waals surface area contributed by atoms with E-state index in [4.69, 9.17) is 5.73 Å². The number of carbonyl (C=O) groups excluding carboxylic acids is 1. The highest BCUT2D eigenvalue weighted by Gasteiger charge is 2.48. The smallest absolute Gasteiger partial charge is 0.271 e. The average Bonchev–Trinajstić information content (AvgIpc) is 3.10. The Bertz CT molecular complexity index is 469. The summed E-state index contributed by atoms with van der Waals surface area (Å²) >= 11 is 0. The first-order chi connectivity index (χ1) is 8.07. The molecule has 3 N–H and O–H groups in total. The molecule has 1 aromatic rings. The summed E-state index contributed by atoms with van der Waals surface area (Å²) in [6.45, 7) is 0.313. The van der Waals surface area contributed by atoms with Gasteiger partial charge >= 0.3 is 0 Å². The molecule has 1 aliphatic carbocycles. The zero-order chi connectivity index (χ0) is 12.5. The topological polar surface area (TPSA) is 98.3 Å². The molecule has 1 aliphatic rings. The molecular formula is C11H13N3O3. The van der Waals surface area contributed by atoms with Crippen molar-refractivity contribution < 1.29 is 9.72 Å². The fourth-order valence-corrected chi connectivity index (χ4v) is 1.64. The number of hydrogen-bond donors (Lipinski definition) is 2. The summed E-state index contributed by atoms with van der Waals surface area (Å²) in [5, 5.41) is 13.2. The van der Waals surface area contributed by atoms with Crippen molar-refractivity contribution in [3.8, 4) is 0 Å². The Morgan fingerprint density at radius 3 is 2.76 bits per heavy atom. The first kappa shape index (κ1) is 11.5. The van der Waals surface area contributed by atoms with E-state index >= 15 is 0 Å². The highest BCUT2D eigenvalue weighted by molar-refractivity contribution is 5.97. The Hall–Kier alpha value is -1.95. The highest BCUT2D eigenvalue weighted by atomic mass is 16.6. The van der Waals surface area contributed by atoms with Crippen LogP contribution in [0, 0.1) is 15.5 Å². The Balaban J connectivity index is 2.11. The van der Waals surface area contributed by atoms with Gasteiger partial charge in [-0.05, 0) is 18.9 Å². The largest absolute Gasteiger partial charge is 0.329 e. The molecule has 0 unspecified atom stereocenters. The second-order valence-corrected chi connectivity index (χ2v) is 4.25. The van der Waals surface area contributed by atoms with Gasteiger partial charge in [0.05, 0.1) is 10.3 Å². The molecule has 0 spiro atoms. The number of nitrogens with two attached hydrogens (primary N) is 1. The van der Waals surface area contributed by atoms with Crippen molar-refractivity contribution in [3.05, 3.63) is 34.4 Å². The van der Waals surface area contributed by atoms with Crippen LogP contribution in [0.3, 0.4) is 0 Å².